The molecule has 0 saturated heterocycles. The number of benzene rings is 2. The largest absolute Gasteiger partial charge is 0.292 e. The van der Waals surface area contributed by atoms with Crippen LogP contribution in [0.5, 0.6) is 0 Å². The monoisotopic (exact) mass is 307 g/mol. The molecule has 0 N–H and O–H groups in total. The Labute approximate surface area is 134 Å². The Morgan fingerprint density at radius 3 is 2.65 bits per heavy atom. The molecule has 0 aromatic heterocycles. The summed E-state index contributed by atoms with van der Waals surface area (Å²) in [5.74, 6) is 0.344. The van der Waals surface area contributed by atoms with E-state index < -0.39 is 0 Å². The maximum Gasteiger partial charge on any atom is 0.269 e. The van der Waals surface area contributed by atoms with Gasteiger partial charge in [0, 0.05) is 30.7 Å². The van der Waals surface area contributed by atoms with Gasteiger partial charge in [-0.05, 0) is 24.0 Å². The van der Waals surface area contributed by atoms with Gasteiger partial charge in [0.05, 0.1) is 16.7 Å². The van der Waals surface area contributed by atoms with Crippen molar-refractivity contribution < 1.29 is 4.92 Å². The van der Waals surface area contributed by atoms with Gasteiger partial charge < -0.3 is 0 Å². The third-order valence-corrected chi connectivity index (χ3v) is 4.86. The second-order valence-corrected chi connectivity index (χ2v) is 6.15. The molecule has 1 aliphatic heterocycles. The standard InChI is InChI=1S/C18H17N3O2/c1-20-18(13-6-9-14(10-7-13)21(22)23)16-11-8-12-4-2-3-5-15(12)17(16)19-20/h2-7,9-10,16,18H,8,11H2,1H3. The Hall–Kier alpha value is -2.69. The van der Waals surface area contributed by atoms with E-state index in [2.05, 4.69) is 24.3 Å². The summed E-state index contributed by atoms with van der Waals surface area (Å²) in [4.78, 5) is 10.5. The van der Waals surface area contributed by atoms with Gasteiger partial charge in [-0.15, -0.1) is 0 Å². The van der Waals surface area contributed by atoms with Crippen LogP contribution in [0.25, 0.3) is 0 Å². The van der Waals surface area contributed by atoms with Gasteiger partial charge in [0.15, 0.2) is 0 Å². The van der Waals surface area contributed by atoms with E-state index in [0.717, 1.165) is 24.1 Å². The maximum atomic E-state index is 10.8. The third-order valence-electron chi connectivity index (χ3n) is 4.86. The highest BCUT2D eigenvalue weighted by molar-refractivity contribution is 6.05. The molecule has 116 valence electrons. The lowest BCUT2D eigenvalue weighted by Gasteiger charge is -2.28. The first-order chi connectivity index (χ1) is 11.1. The van der Waals surface area contributed by atoms with Crippen molar-refractivity contribution in [3.63, 3.8) is 0 Å². The molecular weight excluding hydrogens is 290 g/mol. The minimum atomic E-state index is -0.360. The number of non-ortho nitro benzene ring substituents is 1. The van der Waals surface area contributed by atoms with Crippen LogP contribution in [-0.4, -0.2) is 22.7 Å². The quantitative estimate of drug-likeness (QED) is 0.630. The van der Waals surface area contributed by atoms with Gasteiger partial charge in [0.2, 0.25) is 0 Å². The second-order valence-electron chi connectivity index (χ2n) is 6.15. The van der Waals surface area contributed by atoms with Crippen LogP contribution in [0.15, 0.2) is 53.6 Å². The van der Waals surface area contributed by atoms with E-state index >= 15 is 0 Å². The van der Waals surface area contributed by atoms with Crippen LogP contribution in [-0.2, 0) is 6.42 Å². The summed E-state index contributed by atoms with van der Waals surface area (Å²) in [5, 5.41) is 17.6. The highest BCUT2D eigenvalue weighted by Gasteiger charge is 2.39. The summed E-state index contributed by atoms with van der Waals surface area (Å²) in [6.45, 7) is 0. The molecule has 0 amide bonds. The minimum absolute atomic E-state index is 0.129. The van der Waals surface area contributed by atoms with Gasteiger partial charge in [-0.25, -0.2) is 0 Å². The van der Waals surface area contributed by atoms with Crippen molar-refractivity contribution in [2.24, 2.45) is 11.0 Å². The number of aryl methyl sites for hydroxylation is 1. The van der Waals surface area contributed by atoms with Gasteiger partial charge in [0.1, 0.15) is 0 Å². The molecule has 2 unspecified atom stereocenters. The van der Waals surface area contributed by atoms with Crippen LogP contribution in [0.2, 0.25) is 0 Å². The Kier molecular flexibility index (Phi) is 3.15. The topological polar surface area (TPSA) is 58.7 Å². The molecular formula is C18H17N3O2. The molecule has 1 aliphatic carbocycles. The van der Waals surface area contributed by atoms with E-state index in [9.17, 15) is 10.1 Å². The lowest BCUT2D eigenvalue weighted by Crippen LogP contribution is -2.27. The molecule has 0 bridgehead atoms. The van der Waals surface area contributed by atoms with Crippen molar-refractivity contribution in [3.8, 4) is 0 Å². The van der Waals surface area contributed by atoms with Gasteiger partial charge in [0.25, 0.3) is 5.69 Å². The van der Waals surface area contributed by atoms with Crippen LogP contribution < -0.4 is 0 Å². The second kappa shape index (κ2) is 5.19. The number of hydrogen-bond donors (Lipinski definition) is 0. The molecule has 23 heavy (non-hydrogen) atoms. The number of rotatable bonds is 2. The lowest BCUT2D eigenvalue weighted by molar-refractivity contribution is -0.384. The first-order valence-electron chi connectivity index (χ1n) is 7.79. The van der Waals surface area contributed by atoms with Gasteiger partial charge in [-0.2, -0.15) is 5.10 Å². The number of hydrogen-bond acceptors (Lipinski definition) is 4. The molecule has 2 atom stereocenters. The highest BCUT2D eigenvalue weighted by Crippen LogP contribution is 2.42. The SMILES string of the molecule is CN1N=C2c3ccccc3CCC2C1c1ccc([N+](=O)[O-])cc1. The van der Waals surface area contributed by atoms with Gasteiger partial charge in [-0.3, -0.25) is 15.1 Å². The van der Waals surface area contributed by atoms with Crippen LogP contribution in [0.1, 0.15) is 29.2 Å². The van der Waals surface area contributed by atoms with Gasteiger partial charge in [-0.1, -0.05) is 36.4 Å². The summed E-state index contributed by atoms with van der Waals surface area (Å²) in [6.07, 6.45) is 2.11. The van der Waals surface area contributed by atoms with Crippen molar-refractivity contribution in [1.82, 2.24) is 5.01 Å². The van der Waals surface area contributed by atoms with Crippen LogP contribution in [0.4, 0.5) is 5.69 Å². The molecule has 0 spiro atoms. The van der Waals surface area contributed by atoms with Crippen molar-refractivity contribution in [3.05, 3.63) is 75.3 Å². The lowest BCUT2D eigenvalue weighted by atomic mass is 9.77. The smallest absolute Gasteiger partial charge is 0.269 e. The van der Waals surface area contributed by atoms with E-state index in [0.29, 0.717) is 5.92 Å². The van der Waals surface area contributed by atoms with E-state index in [1.165, 1.54) is 11.1 Å². The Morgan fingerprint density at radius 1 is 1.17 bits per heavy atom. The molecule has 1 heterocycles. The fourth-order valence-corrected chi connectivity index (χ4v) is 3.80. The molecule has 2 aliphatic rings. The summed E-state index contributed by atoms with van der Waals surface area (Å²) >= 11 is 0. The third kappa shape index (κ3) is 2.20. The zero-order chi connectivity index (χ0) is 16.0. The molecule has 0 saturated carbocycles. The number of hydrazone groups is 1. The first kappa shape index (κ1) is 13.9. The van der Waals surface area contributed by atoms with Crippen LogP contribution in [0.3, 0.4) is 0 Å². The Balaban J connectivity index is 1.69. The zero-order valence-electron chi connectivity index (χ0n) is 12.8. The Bertz CT molecular complexity index is 798. The van der Waals surface area contributed by atoms with Crippen molar-refractivity contribution in [2.45, 2.75) is 18.9 Å². The van der Waals surface area contributed by atoms with E-state index in [4.69, 9.17) is 5.10 Å². The molecule has 2 aromatic rings. The predicted molar refractivity (Wildman–Crippen MR) is 88.4 cm³/mol. The summed E-state index contributed by atoms with van der Waals surface area (Å²) in [7, 11) is 1.99. The van der Waals surface area contributed by atoms with E-state index in [-0.39, 0.29) is 16.7 Å². The summed E-state index contributed by atoms with van der Waals surface area (Å²) < 4.78 is 0. The average molecular weight is 307 g/mol. The summed E-state index contributed by atoms with van der Waals surface area (Å²) in [6, 6.07) is 15.5. The molecule has 5 nitrogen and oxygen atoms in total. The number of nitro benzene ring substituents is 1. The molecule has 0 fully saturated rings. The number of nitrogens with zero attached hydrogens (tertiary/aromatic N) is 3. The fraction of sp³-hybridized carbons (Fsp3) is 0.278. The zero-order valence-corrected chi connectivity index (χ0v) is 12.8. The van der Waals surface area contributed by atoms with Gasteiger partial charge >= 0.3 is 0 Å². The van der Waals surface area contributed by atoms with Crippen LogP contribution in [0, 0.1) is 16.0 Å². The minimum Gasteiger partial charge on any atom is -0.292 e. The van der Waals surface area contributed by atoms with Crippen molar-refractivity contribution >= 4 is 11.4 Å². The normalized spacial score (nSPS) is 22.3. The number of nitro groups is 1. The molecule has 0 radical (unpaired) electrons. The van der Waals surface area contributed by atoms with Crippen LogP contribution >= 0.6 is 0 Å². The maximum absolute atomic E-state index is 10.8. The highest BCUT2D eigenvalue weighted by atomic mass is 16.6. The summed E-state index contributed by atoms with van der Waals surface area (Å²) in [5.41, 5.74) is 4.98. The predicted octanol–water partition coefficient (Wildman–Crippen LogP) is 3.55. The van der Waals surface area contributed by atoms with Crippen molar-refractivity contribution in [1.29, 1.82) is 0 Å². The van der Waals surface area contributed by atoms with Crippen molar-refractivity contribution in [2.75, 3.05) is 7.05 Å². The van der Waals surface area contributed by atoms with E-state index in [1.807, 2.05) is 24.2 Å². The fourth-order valence-electron chi connectivity index (χ4n) is 3.80. The molecule has 2 aromatic carbocycles. The average Bonchev–Trinajstić information content (AvgIpc) is 2.91. The number of fused-ring (bicyclic) bond motifs is 3. The molecule has 4 rings (SSSR count). The first-order valence-corrected chi connectivity index (χ1v) is 7.79. The molecule has 5 heteroatoms. The van der Waals surface area contributed by atoms with E-state index in [1.54, 1.807) is 12.1 Å². The Morgan fingerprint density at radius 2 is 1.91 bits per heavy atom.